The molecule has 0 fully saturated rings. The number of hydrogen-bond acceptors (Lipinski definition) is 6. The normalized spacial score (nSPS) is 12.7. The zero-order valence-electron chi connectivity index (χ0n) is 12.6. The third-order valence-corrected chi connectivity index (χ3v) is 4.80. The quantitative estimate of drug-likeness (QED) is 0.628. The standard InChI is InChI=1S/C14H13N2O6S2/c1-9-3-4-10(2)12(7-9)15-16-13-8-11(23(17,18)19)5-6-14(13)24(20,21)22/h4-8H,1-2H3,(H,17,18,19)(H,20,21,22)/b16-15+. The van der Waals surface area contributed by atoms with Crippen molar-refractivity contribution in [2.75, 3.05) is 0 Å². The molecule has 2 rings (SSSR count). The first-order valence-electron chi connectivity index (χ1n) is 6.48. The second-order valence-corrected chi connectivity index (χ2v) is 7.78. The number of azo groups is 1. The summed E-state index contributed by atoms with van der Waals surface area (Å²) in [5.41, 5.74) is 1.49. The molecule has 0 aliphatic rings. The van der Waals surface area contributed by atoms with Gasteiger partial charge < -0.3 is 0 Å². The molecule has 8 nitrogen and oxygen atoms in total. The van der Waals surface area contributed by atoms with Gasteiger partial charge in [-0.3, -0.25) is 9.11 Å². The fraction of sp³-hybridized carbons (Fsp3) is 0.143. The van der Waals surface area contributed by atoms with Gasteiger partial charge in [0.25, 0.3) is 20.2 Å². The van der Waals surface area contributed by atoms with Crippen molar-refractivity contribution in [3.63, 3.8) is 0 Å². The lowest BCUT2D eigenvalue weighted by atomic mass is 10.1. The van der Waals surface area contributed by atoms with Gasteiger partial charge in [-0.2, -0.15) is 21.9 Å². The van der Waals surface area contributed by atoms with E-state index < -0.39 is 35.7 Å². The van der Waals surface area contributed by atoms with Crippen molar-refractivity contribution in [1.82, 2.24) is 0 Å². The van der Waals surface area contributed by atoms with Gasteiger partial charge in [0.2, 0.25) is 0 Å². The van der Waals surface area contributed by atoms with Gasteiger partial charge in [-0.25, -0.2) is 0 Å². The van der Waals surface area contributed by atoms with Crippen LogP contribution in [-0.2, 0) is 20.2 Å². The highest BCUT2D eigenvalue weighted by molar-refractivity contribution is 7.86. The fourth-order valence-electron chi connectivity index (χ4n) is 1.83. The minimum Gasteiger partial charge on any atom is -0.282 e. The maximum absolute atomic E-state index is 11.4. The van der Waals surface area contributed by atoms with E-state index in [4.69, 9.17) is 4.55 Å². The number of benzene rings is 2. The van der Waals surface area contributed by atoms with Crippen LogP contribution in [0.2, 0.25) is 0 Å². The Kier molecular flexibility index (Phi) is 4.85. The van der Waals surface area contributed by atoms with Crippen molar-refractivity contribution in [3.05, 3.63) is 47.5 Å². The molecule has 24 heavy (non-hydrogen) atoms. The van der Waals surface area contributed by atoms with E-state index in [-0.39, 0.29) is 0 Å². The Balaban J connectivity index is 2.62. The summed E-state index contributed by atoms with van der Waals surface area (Å²) in [5.74, 6) is 0. The molecule has 1 radical (unpaired) electrons. The first kappa shape index (κ1) is 18.2. The average Bonchev–Trinajstić information content (AvgIpc) is 2.46. The number of aryl methyl sites for hydroxylation is 2. The molecule has 2 N–H and O–H groups in total. The van der Waals surface area contributed by atoms with E-state index in [2.05, 4.69) is 16.3 Å². The van der Waals surface area contributed by atoms with Crippen LogP contribution in [-0.4, -0.2) is 25.9 Å². The molecule has 127 valence electrons. The van der Waals surface area contributed by atoms with Gasteiger partial charge in [-0.15, -0.1) is 5.11 Å². The number of rotatable bonds is 4. The highest BCUT2D eigenvalue weighted by atomic mass is 32.2. The molecule has 2 aromatic carbocycles. The molecule has 0 bridgehead atoms. The van der Waals surface area contributed by atoms with E-state index in [1.54, 1.807) is 26.0 Å². The lowest BCUT2D eigenvalue weighted by Crippen LogP contribution is -2.02. The molecule has 0 amide bonds. The van der Waals surface area contributed by atoms with Gasteiger partial charge in [0, 0.05) is 0 Å². The van der Waals surface area contributed by atoms with Crippen LogP contribution in [0.4, 0.5) is 11.4 Å². The second-order valence-electron chi connectivity index (χ2n) is 4.96. The summed E-state index contributed by atoms with van der Waals surface area (Å²) in [7, 11) is -9.22. The minimum atomic E-state index is -4.65. The first-order valence-corrected chi connectivity index (χ1v) is 9.36. The molecule has 0 aliphatic heterocycles. The summed E-state index contributed by atoms with van der Waals surface area (Å²) < 4.78 is 63.4. The summed E-state index contributed by atoms with van der Waals surface area (Å²) in [5, 5.41) is 7.60. The maximum atomic E-state index is 11.4. The van der Waals surface area contributed by atoms with Crippen molar-refractivity contribution >= 4 is 31.6 Å². The van der Waals surface area contributed by atoms with Crippen molar-refractivity contribution in [2.45, 2.75) is 23.6 Å². The molecule has 0 unspecified atom stereocenters. The van der Waals surface area contributed by atoms with Gasteiger partial charge >= 0.3 is 0 Å². The van der Waals surface area contributed by atoms with E-state index >= 15 is 0 Å². The molecule has 0 saturated heterocycles. The van der Waals surface area contributed by atoms with E-state index in [9.17, 15) is 21.4 Å². The summed E-state index contributed by atoms with van der Waals surface area (Å²) in [6.07, 6.45) is 0. The van der Waals surface area contributed by atoms with Gasteiger partial charge in [0.15, 0.2) is 0 Å². The van der Waals surface area contributed by atoms with Crippen LogP contribution >= 0.6 is 0 Å². The Morgan fingerprint density at radius 1 is 0.917 bits per heavy atom. The minimum absolute atomic E-state index is 0.419. The van der Waals surface area contributed by atoms with E-state index in [1.807, 2.05) is 0 Å². The lowest BCUT2D eigenvalue weighted by molar-refractivity contribution is 0.478. The predicted octanol–water partition coefficient (Wildman–Crippen LogP) is 3.01. The molecular weight excluding hydrogens is 356 g/mol. The van der Waals surface area contributed by atoms with Crippen LogP contribution in [0.15, 0.2) is 50.4 Å². The molecule has 0 spiro atoms. The molecule has 0 atom stereocenters. The third kappa shape index (κ3) is 4.23. The van der Waals surface area contributed by atoms with Crippen molar-refractivity contribution in [3.8, 4) is 0 Å². The predicted molar refractivity (Wildman–Crippen MR) is 85.0 cm³/mol. The van der Waals surface area contributed by atoms with Crippen molar-refractivity contribution < 1.29 is 25.9 Å². The van der Waals surface area contributed by atoms with Crippen LogP contribution in [0, 0.1) is 19.9 Å². The summed E-state index contributed by atoms with van der Waals surface area (Å²) in [6, 6.07) is 8.74. The Hall–Kier alpha value is -2.14. The van der Waals surface area contributed by atoms with Gasteiger partial charge in [0.05, 0.1) is 10.6 Å². The highest BCUT2D eigenvalue weighted by Crippen LogP contribution is 2.30. The maximum Gasteiger partial charge on any atom is 0.296 e. The van der Waals surface area contributed by atoms with E-state index in [0.29, 0.717) is 11.3 Å². The molecule has 0 aromatic heterocycles. The summed E-state index contributed by atoms with van der Waals surface area (Å²) in [4.78, 5) is -1.20. The molecular formula is C14H13N2O6S2. The fourth-order valence-corrected chi connectivity index (χ4v) is 2.93. The van der Waals surface area contributed by atoms with E-state index in [0.717, 1.165) is 23.8 Å². The zero-order valence-corrected chi connectivity index (χ0v) is 14.3. The third-order valence-electron chi connectivity index (χ3n) is 3.05. The lowest BCUT2D eigenvalue weighted by Gasteiger charge is -2.05. The smallest absolute Gasteiger partial charge is 0.282 e. The average molecular weight is 369 g/mol. The summed E-state index contributed by atoms with van der Waals surface area (Å²) >= 11 is 0. The summed E-state index contributed by atoms with van der Waals surface area (Å²) in [6.45, 7) is 3.52. The SMILES string of the molecule is Cc1[c]cc(C)c(/N=N/c2cc(S(=O)(=O)O)ccc2S(=O)(=O)O)c1. The Bertz CT molecular complexity index is 1030. The molecule has 10 heteroatoms. The van der Waals surface area contributed by atoms with Crippen LogP contribution in [0.3, 0.4) is 0 Å². The van der Waals surface area contributed by atoms with Crippen LogP contribution in [0.1, 0.15) is 11.1 Å². The van der Waals surface area contributed by atoms with Crippen molar-refractivity contribution in [2.24, 2.45) is 10.2 Å². The van der Waals surface area contributed by atoms with Crippen LogP contribution in [0.25, 0.3) is 0 Å². The second kappa shape index (κ2) is 6.40. The first-order chi connectivity index (χ1) is 11.0. The van der Waals surface area contributed by atoms with Gasteiger partial charge in [-0.05, 0) is 61.4 Å². The van der Waals surface area contributed by atoms with Gasteiger partial charge in [0.1, 0.15) is 10.6 Å². The Labute approximate surface area is 139 Å². The Morgan fingerprint density at radius 3 is 2.12 bits per heavy atom. The molecule has 2 aromatic rings. The number of hydrogen-bond donors (Lipinski definition) is 2. The number of nitrogens with zero attached hydrogens (tertiary/aromatic N) is 2. The molecule has 0 heterocycles. The highest BCUT2D eigenvalue weighted by Gasteiger charge is 2.19. The van der Waals surface area contributed by atoms with Crippen LogP contribution in [0.5, 0.6) is 0 Å². The molecule has 0 aliphatic carbocycles. The van der Waals surface area contributed by atoms with Crippen LogP contribution < -0.4 is 0 Å². The topological polar surface area (TPSA) is 133 Å². The molecule has 0 saturated carbocycles. The zero-order chi connectivity index (χ0) is 18.1. The van der Waals surface area contributed by atoms with Gasteiger partial charge in [-0.1, -0.05) is 0 Å². The van der Waals surface area contributed by atoms with Crippen molar-refractivity contribution in [1.29, 1.82) is 0 Å². The Morgan fingerprint density at radius 2 is 1.54 bits per heavy atom. The monoisotopic (exact) mass is 369 g/mol. The van der Waals surface area contributed by atoms with E-state index in [1.165, 1.54) is 0 Å². The largest absolute Gasteiger partial charge is 0.296 e.